The number of ether oxygens (including phenoxy) is 1. The van der Waals surface area contributed by atoms with Crippen LogP contribution in [-0.2, 0) is 48.0 Å². The maximum Gasteiger partial charge on any atom is 0.408 e. The number of nitrogens with one attached hydrogen (secondary N) is 4. The van der Waals surface area contributed by atoms with E-state index in [1.165, 1.54) is 10.0 Å². The van der Waals surface area contributed by atoms with Crippen LogP contribution in [0.2, 0.25) is 0 Å². The molecule has 1 saturated heterocycles. The van der Waals surface area contributed by atoms with E-state index in [1.54, 1.807) is 27.0 Å². The Hall–Kier alpha value is -6.18. The Balaban J connectivity index is 1.38. The Kier molecular flexibility index (Phi) is 14.3. The zero-order valence-electron chi connectivity index (χ0n) is 33.8. The minimum atomic E-state index is -1.18. The fourth-order valence-corrected chi connectivity index (χ4v) is 6.94. The first-order chi connectivity index (χ1) is 27.6. The lowest BCUT2D eigenvalue weighted by Crippen LogP contribution is -2.60. The highest BCUT2D eigenvalue weighted by atomic mass is 16.6. The standard InChI is InChI=1S/C44H55N7O7/c1-28(2)20-21-38(52)51(37(39(45)53)25-30-16-10-7-11-17-30)50-23-22-34(42(50)56)47-40(54)35(24-29-14-8-6-9-15-29)48-41(55)36(49-43(57)58-44(3,4)5)26-31-27-46-33-19-13-12-18-32(31)33/h6-19,27-28,34-37,46H,20-26H2,1-5H3,(H2,45,53)(H,47,54)(H,48,55)(H,49,57)/t34-,35-,36+,37?/m0/s1. The molecule has 4 atom stereocenters. The Bertz CT molecular complexity index is 2060. The van der Waals surface area contributed by atoms with Crippen LogP contribution in [0.1, 0.15) is 70.6 Å². The van der Waals surface area contributed by atoms with Crippen molar-refractivity contribution >= 4 is 46.5 Å². The number of nitrogens with zero attached hydrogens (tertiary/aromatic N) is 2. The molecule has 1 fully saturated rings. The summed E-state index contributed by atoms with van der Waals surface area (Å²) in [5, 5.41) is 11.6. The average Bonchev–Trinajstić information content (AvgIpc) is 3.75. The van der Waals surface area contributed by atoms with E-state index in [0.29, 0.717) is 6.42 Å². The summed E-state index contributed by atoms with van der Waals surface area (Å²) in [5.74, 6) is -2.88. The number of benzene rings is 3. The van der Waals surface area contributed by atoms with Gasteiger partial charge in [-0.05, 0) is 62.3 Å². The van der Waals surface area contributed by atoms with E-state index >= 15 is 0 Å². The molecule has 6 N–H and O–H groups in total. The molecule has 58 heavy (non-hydrogen) atoms. The number of para-hydroxylation sites is 1. The molecule has 0 radical (unpaired) electrons. The molecular formula is C44H55N7O7. The van der Waals surface area contributed by atoms with Gasteiger partial charge >= 0.3 is 6.09 Å². The number of fused-ring (bicyclic) bond motifs is 1. The van der Waals surface area contributed by atoms with Gasteiger partial charge < -0.3 is 31.4 Å². The van der Waals surface area contributed by atoms with Crippen LogP contribution < -0.4 is 21.7 Å². The molecule has 0 saturated carbocycles. The number of aromatic nitrogens is 1. The van der Waals surface area contributed by atoms with E-state index in [1.807, 2.05) is 98.8 Å². The number of rotatable bonds is 17. The van der Waals surface area contributed by atoms with Crippen molar-refractivity contribution in [3.05, 3.63) is 108 Å². The zero-order valence-corrected chi connectivity index (χ0v) is 33.8. The second-order valence-corrected chi connectivity index (χ2v) is 16.1. The number of hydrogen-bond donors (Lipinski definition) is 5. The molecule has 3 aromatic carbocycles. The summed E-state index contributed by atoms with van der Waals surface area (Å²) in [7, 11) is 0. The van der Waals surface area contributed by atoms with Gasteiger partial charge in [0.2, 0.25) is 23.6 Å². The van der Waals surface area contributed by atoms with E-state index in [2.05, 4.69) is 20.9 Å². The molecule has 6 amide bonds. The van der Waals surface area contributed by atoms with E-state index < -0.39 is 65.4 Å². The normalized spacial score (nSPS) is 15.7. The number of alkyl carbamates (subject to hydrolysis) is 1. The molecular weight excluding hydrogens is 739 g/mol. The van der Waals surface area contributed by atoms with Crippen molar-refractivity contribution in [1.29, 1.82) is 0 Å². The highest BCUT2D eigenvalue weighted by Gasteiger charge is 2.43. The van der Waals surface area contributed by atoms with Crippen molar-refractivity contribution in [2.45, 2.75) is 103 Å². The molecule has 14 nitrogen and oxygen atoms in total. The van der Waals surface area contributed by atoms with Crippen molar-refractivity contribution in [2.24, 2.45) is 11.7 Å². The summed E-state index contributed by atoms with van der Waals surface area (Å²) in [6.45, 7) is 9.13. The van der Waals surface area contributed by atoms with Crippen molar-refractivity contribution < 1.29 is 33.5 Å². The Morgan fingerprint density at radius 2 is 1.45 bits per heavy atom. The van der Waals surface area contributed by atoms with Crippen molar-refractivity contribution in [3.8, 4) is 0 Å². The van der Waals surface area contributed by atoms with Gasteiger partial charge in [0.15, 0.2) is 0 Å². The molecule has 14 heteroatoms. The van der Waals surface area contributed by atoms with Crippen LogP contribution in [0, 0.1) is 5.92 Å². The van der Waals surface area contributed by atoms with Crippen LogP contribution in [0.25, 0.3) is 10.9 Å². The Morgan fingerprint density at radius 1 is 0.845 bits per heavy atom. The van der Waals surface area contributed by atoms with Crippen molar-refractivity contribution in [3.63, 3.8) is 0 Å². The van der Waals surface area contributed by atoms with Gasteiger partial charge in [0.1, 0.15) is 29.8 Å². The monoisotopic (exact) mass is 793 g/mol. The number of primary amides is 1. The largest absolute Gasteiger partial charge is 0.444 e. The molecule has 308 valence electrons. The highest BCUT2D eigenvalue weighted by Crippen LogP contribution is 2.23. The topological polar surface area (TPSA) is 196 Å². The SMILES string of the molecule is CC(C)CCC(=O)N(C(Cc1ccccc1)C(N)=O)N1CC[C@H](NC(=O)[C@H](Cc2ccccc2)NC(=O)[C@@H](Cc2c[nH]c3ccccc23)NC(=O)OC(C)(C)C)C1=O. The molecule has 1 unspecified atom stereocenters. The molecule has 0 aliphatic carbocycles. The van der Waals surface area contributed by atoms with Gasteiger partial charge in [0.25, 0.3) is 5.91 Å². The van der Waals surface area contributed by atoms with Crippen LogP contribution in [-0.4, -0.2) is 86.9 Å². The number of amides is 6. The third kappa shape index (κ3) is 11.7. The Labute approximate surface area is 339 Å². The highest BCUT2D eigenvalue weighted by molar-refractivity contribution is 5.96. The number of aromatic amines is 1. The van der Waals surface area contributed by atoms with Crippen molar-refractivity contribution in [1.82, 2.24) is 31.0 Å². The fourth-order valence-electron chi connectivity index (χ4n) is 6.94. The number of hydrazine groups is 1. The van der Waals surface area contributed by atoms with Gasteiger partial charge in [-0.3, -0.25) is 24.0 Å². The predicted octanol–water partition coefficient (Wildman–Crippen LogP) is 4.32. The molecule has 1 aliphatic rings. The Morgan fingerprint density at radius 3 is 2.07 bits per heavy atom. The van der Waals surface area contributed by atoms with E-state index in [0.717, 1.165) is 27.6 Å². The van der Waals surface area contributed by atoms with E-state index in [4.69, 9.17) is 10.5 Å². The van der Waals surface area contributed by atoms with Gasteiger partial charge in [0.05, 0.1) is 0 Å². The van der Waals surface area contributed by atoms with Gasteiger partial charge in [-0.25, -0.2) is 14.8 Å². The second kappa shape index (κ2) is 19.3. The van der Waals surface area contributed by atoms with E-state index in [9.17, 15) is 28.8 Å². The lowest BCUT2D eigenvalue weighted by molar-refractivity contribution is -0.168. The number of nitrogens with two attached hydrogens (primary N) is 1. The average molecular weight is 794 g/mol. The predicted molar refractivity (Wildman–Crippen MR) is 220 cm³/mol. The lowest BCUT2D eigenvalue weighted by atomic mass is 10.0. The first-order valence-electron chi connectivity index (χ1n) is 19.8. The van der Waals surface area contributed by atoms with Gasteiger partial charge in [-0.2, -0.15) is 0 Å². The smallest absolute Gasteiger partial charge is 0.408 e. The molecule has 1 aromatic heterocycles. The molecule has 0 spiro atoms. The maximum atomic E-state index is 14.2. The van der Waals surface area contributed by atoms with Crippen molar-refractivity contribution in [2.75, 3.05) is 6.54 Å². The van der Waals surface area contributed by atoms with Crippen LogP contribution in [0.15, 0.2) is 91.1 Å². The molecule has 5 rings (SSSR count). The van der Waals surface area contributed by atoms with Crippen LogP contribution in [0.5, 0.6) is 0 Å². The molecule has 0 bridgehead atoms. The minimum absolute atomic E-state index is 0.0397. The summed E-state index contributed by atoms with van der Waals surface area (Å²) in [6, 6.07) is 21.2. The summed E-state index contributed by atoms with van der Waals surface area (Å²) in [4.78, 5) is 85.6. The van der Waals surface area contributed by atoms with Gasteiger partial charge in [-0.1, -0.05) is 92.7 Å². The van der Waals surface area contributed by atoms with Crippen LogP contribution >= 0.6 is 0 Å². The lowest BCUT2D eigenvalue weighted by Gasteiger charge is -2.37. The second-order valence-electron chi connectivity index (χ2n) is 16.1. The summed E-state index contributed by atoms with van der Waals surface area (Å²) >= 11 is 0. The van der Waals surface area contributed by atoms with Crippen LogP contribution in [0.4, 0.5) is 4.79 Å². The quantitative estimate of drug-likeness (QED) is 0.105. The summed E-state index contributed by atoms with van der Waals surface area (Å²) < 4.78 is 5.50. The number of hydrogen-bond acceptors (Lipinski definition) is 7. The number of carbonyl (C=O) groups excluding carboxylic acids is 6. The third-order valence-corrected chi connectivity index (χ3v) is 9.87. The van der Waals surface area contributed by atoms with Gasteiger partial charge in [0, 0.05) is 49.3 Å². The summed E-state index contributed by atoms with van der Waals surface area (Å²) in [5.41, 5.74) is 8.18. The van der Waals surface area contributed by atoms with Crippen LogP contribution in [0.3, 0.4) is 0 Å². The maximum absolute atomic E-state index is 14.2. The molecule has 2 heterocycles. The van der Waals surface area contributed by atoms with E-state index in [-0.39, 0.29) is 44.6 Å². The first-order valence-corrected chi connectivity index (χ1v) is 19.8. The number of carbonyl (C=O) groups is 6. The minimum Gasteiger partial charge on any atom is -0.444 e. The number of H-pyrrole nitrogens is 1. The fraction of sp³-hybridized carbons (Fsp3) is 0.409. The zero-order chi connectivity index (χ0) is 42.0. The molecule has 4 aromatic rings. The van der Waals surface area contributed by atoms with Gasteiger partial charge in [-0.15, -0.1) is 0 Å². The first kappa shape index (κ1) is 43.0. The summed E-state index contributed by atoms with van der Waals surface area (Å²) in [6.07, 6.45) is 1.94. The molecule has 1 aliphatic heterocycles. The third-order valence-electron chi connectivity index (χ3n) is 9.87.